The lowest BCUT2D eigenvalue weighted by molar-refractivity contribution is 0.102. The van der Waals surface area contributed by atoms with Crippen molar-refractivity contribution in [3.8, 4) is 0 Å². The second-order valence-corrected chi connectivity index (χ2v) is 12.4. The maximum atomic E-state index is 12.8. The summed E-state index contributed by atoms with van der Waals surface area (Å²) < 4.78 is 28.8. The Morgan fingerprint density at radius 1 is 0.675 bits per heavy atom. The van der Waals surface area contributed by atoms with Gasteiger partial charge in [-0.25, -0.2) is 8.42 Å². The summed E-state index contributed by atoms with van der Waals surface area (Å²) in [5.41, 5.74) is 4.05. The van der Waals surface area contributed by atoms with Crippen LogP contribution in [0.4, 0.5) is 11.4 Å². The highest BCUT2D eigenvalue weighted by Gasteiger charge is 2.18. The van der Waals surface area contributed by atoms with Crippen LogP contribution in [0.25, 0.3) is 0 Å². The molecule has 1 aliphatic heterocycles. The van der Waals surface area contributed by atoms with Crippen LogP contribution in [0.3, 0.4) is 0 Å². The molecule has 4 aromatic carbocycles. The van der Waals surface area contributed by atoms with Gasteiger partial charge in [0.25, 0.3) is 15.9 Å². The van der Waals surface area contributed by atoms with E-state index in [0.29, 0.717) is 16.9 Å². The molecule has 2 N–H and O–H groups in total. The highest BCUT2D eigenvalue weighted by molar-refractivity contribution is 9.10. The maximum absolute atomic E-state index is 12.8. The normalized spacial score (nSPS) is 14.5. The lowest BCUT2D eigenvalue weighted by Crippen LogP contribution is -2.45. The molecule has 40 heavy (non-hydrogen) atoms. The molecule has 0 spiro atoms. The van der Waals surface area contributed by atoms with Gasteiger partial charge in [-0.15, -0.1) is 0 Å². The molecule has 0 aliphatic carbocycles. The molecule has 4 aromatic rings. The second-order valence-electron chi connectivity index (χ2n) is 9.83. The molecule has 1 fully saturated rings. The molecule has 0 atom stereocenters. The number of nitrogens with one attached hydrogen (secondary N) is 2. The molecule has 0 saturated carbocycles. The summed E-state index contributed by atoms with van der Waals surface area (Å²) in [6.07, 6.45) is 0. The van der Waals surface area contributed by atoms with Crippen LogP contribution in [0.5, 0.6) is 0 Å². The van der Waals surface area contributed by atoms with Gasteiger partial charge < -0.3 is 5.32 Å². The predicted octanol–water partition coefficient (Wildman–Crippen LogP) is 5.82. The van der Waals surface area contributed by atoms with E-state index in [0.717, 1.165) is 43.7 Å². The quantitative estimate of drug-likeness (QED) is 0.247. The molecule has 5 rings (SSSR count). The van der Waals surface area contributed by atoms with Gasteiger partial charge in [0.15, 0.2) is 0 Å². The number of carbonyl (C=O) groups is 1. The molecule has 0 bridgehead atoms. The smallest absolute Gasteiger partial charge is 0.261 e. The van der Waals surface area contributed by atoms with Crippen LogP contribution in [0.15, 0.2) is 112 Å². The lowest BCUT2D eigenvalue weighted by Gasteiger charge is -2.34. The second kappa shape index (κ2) is 12.8. The minimum atomic E-state index is -3.74. The Morgan fingerprint density at radius 2 is 1.20 bits per heavy atom. The lowest BCUT2D eigenvalue weighted by atomic mass is 10.1. The number of carbonyl (C=O) groups excluding carboxylic acids is 1. The van der Waals surface area contributed by atoms with Crippen LogP contribution in [0, 0.1) is 0 Å². The van der Waals surface area contributed by atoms with Gasteiger partial charge >= 0.3 is 0 Å². The van der Waals surface area contributed by atoms with Crippen LogP contribution in [0.1, 0.15) is 21.5 Å². The van der Waals surface area contributed by atoms with Crippen molar-refractivity contribution in [2.24, 2.45) is 0 Å². The first-order chi connectivity index (χ1) is 19.3. The van der Waals surface area contributed by atoms with Crippen molar-refractivity contribution in [3.63, 3.8) is 0 Å². The van der Waals surface area contributed by atoms with Gasteiger partial charge in [0.2, 0.25) is 0 Å². The van der Waals surface area contributed by atoms with Gasteiger partial charge in [-0.3, -0.25) is 19.3 Å². The third-order valence-corrected chi connectivity index (χ3v) is 8.78. The van der Waals surface area contributed by atoms with E-state index in [2.05, 4.69) is 60.0 Å². The summed E-state index contributed by atoms with van der Waals surface area (Å²) in [5, 5.41) is 2.84. The first-order valence-corrected chi connectivity index (χ1v) is 15.4. The van der Waals surface area contributed by atoms with Crippen molar-refractivity contribution in [2.45, 2.75) is 18.0 Å². The Hall–Kier alpha value is -3.50. The molecule has 7 nitrogen and oxygen atoms in total. The van der Waals surface area contributed by atoms with E-state index < -0.39 is 10.0 Å². The number of halogens is 1. The number of hydrogen-bond acceptors (Lipinski definition) is 5. The van der Waals surface area contributed by atoms with Crippen LogP contribution >= 0.6 is 15.9 Å². The average molecular weight is 620 g/mol. The molecular formula is C31H31BrN4O3S. The zero-order valence-corrected chi connectivity index (χ0v) is 24.4. The summed E-state index contributed by atoms with van der Waals surface area (Å²) in [7, 11) is -3.74. The topological polar surface area (TPSA) is 81.7 Å². The minimum Gasteiger partial charge on any atom is -0.322 e. The maximum Gasteiger partial charge on any atom is 0.261 e. The van der Waals surface area contributed by atoms with E-state index in [-0.39, 0.29) is 10.8 Å². The van der Waals surface area contributed by atoms with Gasteiger partial charge in [-0.2, -0.15) is 0 Å². The predicted molar refractivity (Wildman–Crippen MR) is 163 cm³/mol. The number of piperazine rings is 1. The van der Waals surface area contributed by atoms with Gasteiger partial charge in [-0.1, -0.05) is 58.4 Å². The first-order valence-electron chi connectivity index (χ1n) is 13.1. The number of rotatable bonds is 9. The van der Waals surface area contributed by atoms with Crippen molar-refractivity contribution in [2.75, 3.05) is 36.2 Å². The zero-order chi connectivity index (χ0) is 28.0. The number of anilines is 2. The zero-order valence-electron chi connectivity index (χ0n) is 22.0. The molecule has 0 aromatic heterocycles. The fraction of sp³-hybridized carbons (Fsp3) is 0.194. The molecule has 1 saturated heterocycles. The highest BCUT2D eigenvalue weighted by Crippen LogP contribution is 2.21. The van der Waals surface area contributed by atoms with Crippen molar-refractivity contribution in [1.82, 2.24) is 9.80 Å². The Bertz CT molecular complexity index is 1520. The van der Waals surface area contributed by atoms with Gasteiger partial charge in [-0.05, 0) is 71.8 Å². The first kappa shape index (κ1) is 28.0. The summed E-state index contributed by atoms with van der Waals surface area (Å²) in [4.78, 5) is 17.8. The number of hydrogen-bond donors (Lipinski definition) is 2. The van der Waals surface area contributed by atoms with Crippen molar-refractivity contribution >= 4 is 43.2 Å². The Morgan fingerprint density at radius 3 is 1.77 bits per heavy atom. The minimum absolute atomic E-state index is 0.110. The largest absolute Gasteiger partial charge is 0.322 e. The molecule has 0 unspecified atom stereocenters. The average Bonchev–Trinajstić information content (AvgIpc) is 2.96. The van der Waals surface area contributed by atoms with E-state index in [1.54, 1.807) is 36.4 Å². The van der Waals surface area contributed by atoms with E-state index in [1.165, 1.54) is 23.3 Å². The number of benzene rings is 4. The van der Waals surface area contributed by atoms with Crippen molar-refractivity contribution in [1.29, 1.82) is 0 Å². The van der Waals surface area contributed by atoms with Crippen LogP contribution in [-0.4, -0.2) is 50.3 Å². The molecule has 1 aliphatic rings. The molecule has 0 radical (unpaired) electrons. The van der Waals surface area contributed by atoms with E-state index in [9.17, 15) is 13.2 Å². The Labute approximate surface area is 244 Å². The Kier molecular flexibility index (Phi) is 8.96. The molecule has 1 heterocycles. The third kappa shape index (κ3) is 7.57. The van der Waals surface area contributed by atoms with Gasteiger partial charge in [0.1, 0.15) is 0 Å². The van der Waals surface area contributed by atoms with Crippen LogP contribution in [-0.2, 0) is 23.1 Å². The molecule has 1 amide bonds. The summed E-state index contributed by atoms with van der Waals surface area (Å²) >= 11 is 3.33. The number of nitrogens with zero attached hydrogens (tertiary/aromatic N) is 2. The van der Waals surface area contributed by atoms with Crippen molar-refractivity contribution in [3.05, 3.63) is 124 Å². The fourth-order valence-electron chi connectivity index (χ4n) is 4.62. The standard InChI is InChI=1S/C31H31BrN4O3S/c32-27-10-12-29(13-11-27)34-40(38,39)30-16-14-28(15-17-30)33-31(37)26-8-6-25(7-9-26)23-36-20-18-35(19-21-36)22-24-4-2-1-3-5-24/h1-17,34H,18-23H2,(H,33,37). The van der Waals surface area contributed by atoms with E-state index in [1.807, 2.05) is 30.3 Å². The molecule has 206 valence electrons. The third-order valence-electron chi connectivity index (χ3n) is 6.86. The van der Waals surface area contributed by atoms with Gasteiger partial charge in [0, 0.05) is 60.7 Å². The van der Waals surface area contributed by atoms with Crippen LogP contribution in [0.2, 0.25) is 0 Å². The van der Waals surface area contributed by atoms with Crippen LogP contribution < -0.4 is 10.0 Å². The SMILES string of the molecule is O=C(Nc1ccc(S(=O)(=O)Nc2ccc(Br)cc2)cc1)c1ccc(CN2CCN(Cc3ccccc3)CC2)cc1. The highest BCUT2D eigenvalue weighted by atomic mass is 79.9. The fourth-order valence-corrected chi connectivity index (χ4v) is 5.94. The molecular weight excluding hydrogens is 588 g/mol. The van der Waals surface area contributed by atoms with Gasteiger partial charge in [0.05, 0.1) is 4.90 Å². The monoisotopic (exact) mass is 618 g/mol. The number of amides is 1. The summed E-state index contributed by atoms with van der Waals surface area (Å²) in [6.45, 7) is 5.94. The number of sulfonamides is 1. The van der Waals surface area contributed by atoms with E-state index in [4.69, 9.17) is 0 Å². The molecule has 9 heteroatoms. The summed E-state index contributed by atoms with van der Waals surface area (Å²) in [5.74, 6) is -0.246. The van der Waals surface area contributed by atoms with E-state index >= 15 is 0 Å². The van der Waals surface area contributed by atoms with Crippen molar-refractivity contribution < 1.29 is 13.2 Å². The Balaban J connectivity index is 1.11. The summed E-state index contributed by atoms with van der Waals surface area (Å²) in [6, 6.07) is 31.2.